The summed E-state index contributed by atoms with van der Waals surface area (Å²) in [4.78, 5) is 19.9. The van der Waals surface area contributed by atoms with Gasteiger partial charge in [-0.25, -0.2) is 9.37 Å². The van der Waals surface area contributed by atoms with E-state index in [9.17, 15) is 9.18 Å². The molecule has 1 saturated heterocycles. The van der Waals surface area contributed by atoms with Crippen molar-refractivity contribution in [3.05, 3.63) is 68.4 Å². The molecule has 3 aromatic rings. The third-order valence-electron chi connectivity index (χ3n) is 5.40. The van der Waals surface area contributed by atoms with Gasteiger partial charge in [-0.15, -0.1) is 0 Å². The van der Waals surface area contributed by atoms with Gasteiger partial charge in [0.15, 0.2) is 0 Å². The Labute approximate surface area is 183 Å². The molecular formula is C23H24BrFN4O. The molecular weight excluding hydrogens is 447 g/mol. The number of rotatable bonds is 6. The van der Waals surface area contributed by atoms with Crippen molar-refractivity contribution in [1.82, 2.24) is 9.66 Å². The van der Waals surface area contributed by atoms with Crippen LogP contribution in [0.3, 0.4) is 0 Å². The van der Waals surface area contributed by atoms with Gasteiger partial charge in [0, 0.05) is 35.2 Å². The summed E-state index contributed by atoms with van der Waals surface area (Å²) in [5.74, 6) is 0.241. The number of nitrogens with zero attached hydrogens (tertiary/aromatic N) is 4. The molecule has 2 aromatic carbocycles. The first-order chi connectivity index (χ1) is 14.6. The Morgan fingerprint density at radius 3 is 2.73 bits per heavy atom. The zero-order valence-electron chi connectivity index (χ0n) is 16.9. The molecule has 1 aliphatic rings. The Morgan fingerprint density at radius 2 is 2.00 bits per heavy atom. The van der Waals surface area contributed by atoms with Gasteiger partial charge in [0.05, 0.1) is 17.1 Å². The molecule has 0 bridgehead atoms. The summed E-state index contributed by atoms with van der Waals surface area (Å²) >= 11 is 3.40. The lowest BCUT2D eigenvalue weighted by Crippen LogP contribution is -2.22. The molecule has 4 rings (SSSR count). The summed E-state index contributed by atoms with van der Waals surface area (Å²) in [6, 6.07) is 10.6. The van der Waals surface area contributed by atoms with Gasteiger partial charge in [0.2, 0.25) is 0 Å². The maximum Gasteiger partial charge on any atom is 0.282 e. The van der Waals surface area contributed by atoms with Crippen LogP contribution in [0.4, 0.5) is 10.1 Å². The van der Waals surface area contributed by atoms with Crippen molar-refractivity contribution in [3.8, 4) is 0 Å². The van der Waals surface area contributed by atoms with E-state index in [1.165, 1.54) is 10.9 Å². The predicted octanol–water partition coefficient (Wildman–Crippen LogP) is 5.12. The molecule has 7 heteroatoms. The number of fused-ring (bicyclic) bond motifs is 1. The highest BCUT2D eigenvalue weighted by atomic mass is 79.9. The molecule has 0 saturated carbocycles. The second kappa shape index (κ2) is 9.08. The van der Waals surface area contributed by atoms with E-state index in [2.05, 4.69) is 37.8 Å². The first-order valence-corrected chi connectivity index (χ1v) is 11.2. The van der Waals surface area contributed by atoms with Gasteiger partial charge < -0.3 is 4.90 Å². The largest absolute Gasteiger partial charge is 0.371 e. The SMILES string of the molecule is CCCCc1nc2ccc(Br)cc2c(=O)n1N=Cc1ccc(N2CCCC2)cc1F. The lowest BCUT2D eigenvalue weighted by molar-refractivity contribution is 0.624. The second-order valence-electron chi connectivity index (χ2n) is 7.55. The van der Waals surface area contributed by atoms with E-state index in [4.69, 9.17) is 0 Å². The Balaban J connectivity index is 1.72. The molecule has 0 aliphatic carbocycles. The van der Waals surface area contributed by atoms with E-state index in [-0.39, 0.29) is 11.4 Å². The van der Waals surface area contributed by atoms with E-state index in [0.717, 1.165) is 48.9 Å². The number of aromatic nitrogens is 2. The van der Waals surface area contributed by atoms with Crippen LogP contribution < -0.4 is 10.5 Å². The Kier molecular flexibility index (Phi) is 6.27. The third-order valence-corrected chi connectivity index (χ3v) is 5.89. The van der Waals surface area contributed by atoms with Crippen LogP contribution in [-0.2, 0) is 6.42 Å². The molecule has 1 fully saturated rings. The predicted molar refractivity (Wildman–Crippen MR) is 123 cm³/mol. The van der Waals surface area contributed by atoms with Crippen LogP contribution in [0.1, 0.15) is 44.0 Å². The summed E-state index contributed by atoms with van der Waals surface area (Å²) in [5, 5.41) is 4.82. The van der Waals surface area contributed by atoms with Crippen molar-refractivity contribution in [2.75, 3.05) is 18.0 Å². The highest BCUT2D eigenvalue weighted by Crippen LogP contribution is 2.22. The first-order valence-electron chi connectivity index (χ1n) is 10.4. The summed E-state index contributed by atoms with van der Waals surface area (Å²) in [7, 11) is 0. The molecule has 0 unspecified atom stereocenters. The quantitative estimate of drug-likeness (QED) is 0.469. The van der Waals surface area contributed by atoms with E-state index < -0.39 is 0 Å². The van der Waals surface area contributed by atoms with Crippen LogP contribution in [-0.4, -0.2) is 29.0 Å². The Hall–Kier alpha value is -2.54. The number of hydrogen-bond donors (Lipinski definition) is 0. The van der Waals surface area contributed by atoms with Gasteiger partial charge in [-0.2, -0.15) is 9.78 Å². The highest BCUT2D eigenvalue weighted by Gasteiger charge is 2.14. The highest BCUT2D eigenvalue weighted by molar-refractivity contribution is 9.10. The summed E-state index contributed by atoms with van der Waals surface area (Å²) in [5.41, 5.74) is 1.63. The monoisotopic (exact) mass is 470 g/mol. The number of halogens is 2. The minimum Gasteiger partial charge on any atom is -0.371 e. The van der Waals surface area contributed by atoms with Crippen molar-refractivity contribution < 1.29 is 4.39 Å². The molecule has 0 radical (unpaired) electrons. The topological polar surface area (TPSA) is 50.5 Å². The maximum absolute atomic E-state index is 14.7. The zero-order chi connectivity index (χ0) is 21.1. The fraction of sp³-hybridized carbons (Fsp3) is 0.348. The molecule has 156 valence electrons. The number of benzene rings is 2. The second-order valence-corrected chi connectivity index (χ2v) is 8.47. The average Bonchev–Trinajstić information content (AvgIpc) is 3.28. The summed E-state index contributed by atoms with van der Waals surface area (Å²) < 4.78 is 16.8. The number of aryl methyl sites for hydroxylation is 1. The molecule has 0 spiro atoms. The average molecular weight is 471 g/mol. The van der Waals surface area contributed by atoms with Crippen molar-refractivity contribution >= 4 is 38.7 Å². The Bertz CT molecular complexity index is 1150. The van der Waals surface area contributed by atoms with Crippen molar-refractivity contribution in [2.45, 2.75) is 39.0 Å². The minimum absolute atomic E-state index is 0.252. The third kappa shape index (κ3) is 4.31. The molecule has 2 heterocycles. The van der Waals surface area contributed by atoms with Gasteiger partial charge in [0.1, 0.15) is 11.6 Å². The molecule has 5 nitrogen and oxygen atoms in total. The van der Waals surface area contributed by atoms with Crippen LogP contribution >= 0.6 is 15.9 Å². The van der Waals surface area contributed by atoms with Crippen LogP contribution in [0, 0.1) is 5.82 Å². The van der Waals surface area contributed by atoms with Gasteiger partial charge >= 0.3 is 0 Å². The first kappa shape index (κ1) is 20.7. The number of unbranched alkanes of at least 4 members (excludes halogenated alkanes) is 1. The fourth-order valence-electron chi connectivity index (χ4n) is 3.72. The lowest BCUT2D eigenvalue weighted by atomic mass is 10.2. The van der Waals surface area contributed by atoms with Gasteiger partial charge in [-0.3, -0.25) is 4.79 Å². The lowest BCUT2D eigenvalue weighted by Gasteiger charge is -2.17. The molecule has 0 N–H and O–H groups in total. The van der Waals surface area contributed by atoms with Crippen molar-refractivity contribution in [2.24, 2.45) is 5.10 Å². The van der Waals surface area contributed by atoms with E-state index in [1.54, 1.807) is 18.2 Å². The molecule has 0 amide bonds. The van der Waals surface area contributed by atoms with Gasteiger partial charge in [-0.1, -0.05) is 29.3 Å². The molecule has 1 aromatic heterocycles. The van der Waals surface area contributed by atoms with Crippen molar-refractivity contribution in [1.29, 1.82) is 0 Å². The maximum atomic E-state index is 14.7. The standard InChI is InChI=1S/C23H24BrFN4O/c1-2-3-6-22-27-21-10-8-17(24)13-19(21)23(30)29(22)26-15-16-7-9-18(14-20(16)25)28-11-4-5-12-28/h7-10,13-15H,2-6,11-12H2,1H3. The number of hydrogen-bond acceptors (Lipinski definition) is 4. The molecule has 1 aliphatic heterocycles. The van der Waals surface area contributed by atoms with Crippen LogP contribution in [0.25, 0.3) is 10.9 Å². The van der Waals surface area contributed by atoms with Gasteiger partial charge in [-0.05, 0) is 55.7 Å². The van der Waals surface area contributed by atoms with E-state index in [0.29, 0.717) is 28.7 Å². The van der Waals surface area contributed by atoms with Crippen molar-refractivity contribution in [3.63, 3.8) is 0 Å². The van der Waals surface area contributed by atoms with Crippen LogP contribution in [0.15, 0.2) is 50.8 Å². The fourth-order valence-corrected chi connectivity index (χ4v) is 4.08. The van der Waals surface area contributed by atoms with E-state index >= 15 is 0 Å². The normalized spacial score (nSPS) is 14.3. The smallest absolute Gasteiger partial charge is 0.282 e. The minimum atomic E-state index is -0.345. The van der Waals surface area contributed by atoms with E-state index in [1.807, 2.05) is 18.2 Å². The van der Waals surface area contributed by atoms with Gasteiger partial charge in [0.25, 0.3) is 5.56 Å². The summed E-state index contributed by atoms with van der Waals surface area (Å²) in [6.45, 7) is 4.00. The van der Waals surface area contributed by atoms with Crippen LogP contribution in [0.2, 0.25) is 0 Å². The molecule has 0 atom stereocenters. The zero-order valence-corrected chi connectivity index (χ0v) is 18.5. The summed E-state index contributed by atoms with van der Waals surface area (Å²) in [6.07, 6.45) is 6.18. The Morgan fingerprint density at radius 1 is 1.20 bits per heavy atom. The molecule has 30 heavy (non-hydrogen) atoms. The number of anilines is 1. The van der Waals surface area contributed by atoms with Crippen LogP contribution in [0.5, 0.6) is 0 Å².